The summed E-state index contributed by atoms with van der Waals surface area (Å²) in [5.41, 5.74) is -7.15. The van der Waals surface area contributed by atoms with Gasteiger partial charge in [0, 0.05) is 0 Å². The molecule has 0 aromatic carbocycles. The number of ether oxygens (including phenoxy) is 5. The lowest BCUT2D eigenvalue weighted by Crippen LogP contribution is -2.46. The molecule has 0 bridgehead atoms. The first-order chi connectivity index (χ1) is 22.1. The summed E-state index contributed by atoms with van der Waals surface area (Å²) < 4.78 is 28.9. The van der Waals surface area contributed by atoms with Crippen LogP contribution in [0.1, 0.15) is 96.2 Å². The van der Waals surface area contributed by atoms with E-state index in [1.165, 1.54) is 6.92 Å². The summed E-state index contributed by atoms with van der Waals surface area (Å²) in [7, 11) is 0. The van der Waals surface area contributed by atoms with Gasteiger partial charge in [0.1, 0.15) is 40.2 Å². The minimum absolute atomic E-state index is 0.282. The van der Waals surface area contributed by atoms with Gasteiger partial charge in [-0.15, -0.1) is 4.90 Å². The number of imide groups is 2. The molecule has 18 nitrogen and oxygen atoms in total. The summed E-state index contributed by atoms with van der Waals surface area (Å²) in [5.74, 6) is -1.35. The Morgan fingerprint density at radius 1 is 0.796 bits per heavy atom. The predicted octanol–water partition coefficient (Wildman–Crippen LogP) is 4.18. The van der Waals surface area contributed by atoms with Gasteiger partial charge in [-0.05, 0) is 90.0 Å². The van der Waals surface area contributed by atoms with Crippen LogP contribution < -0.4 is 9.80 Å². The van der Waals surface area contributed by atoms with Crippen LogP contribution in [0.4, 0.5) is 30.9 Å². The highest BCUT2D eigenvalue weighted by Gasteiger charge is 2.53. The zero-order valence-electron chi connectivity index (χ0n) is 30.2. The van der Waals surface area contributed by atoms with E-state index < -0.39 is 89.2 Å². The van der Waals surface area contributed by atoms with E-state index in [9.17, 15) is 34.5 Å². The first-order valence-corrected chi connectivity index (χ1v) is 15.5. The Bertz CT molecular complexity index is 1520. The van der Waals surface area contributed by atoms with E-state index in [1.807, 2.05) is 0 Å². The largest absolute Gasteiger partial charge is 0.443 e. The highest BCUT2D eigenvalue weighted by Crippen LogP contribution is 2.41. The molecule has 0 aliphatic carbocycles. The third-order valence-corrected chi connectivity index (χ3v) is 6.29. The molecule has 49 heavy (non-hydrogen) atoms. The van der Waals surface area contributed by atoms with Crippen molar-refractivity contribution in [1.82, 2.24) is 19.5 Å². The summed E-state index contributed by atoms with van der Waals surface area (Å²) in [4.78, 5) is 68.5. The number of aromatic nitrogens is 4. The van der Waals surface area contributed by atoms with E-state index in [1.54, 1.807) is 83.1 Å². The molecular formula is C31H48N6O12. The molecule has 1 saturated heterocycles. The third-order valence-electron chi connectivity index (χ3n) is 6.29. The minimum Gasteiger partial charge on any atom is -0.443 e. The molecule has 2 aromatic rings. The number of hydrogen-bond donors (Lipinski definition) is 3. The normalized spacial score (nSPS) is 21.7. The van der Waals surface area contributed by atoms with E-state index in [2.05, 4.69) is 15.0 Å². The van der Waals surface area contributed by atoms with Crippen molar-refractivity contribution in [2.75, 3.05) is 16.4 Å². The zero-order chi connectivity index (χ0) is 37.7. The minimum atomic E-state index is -2.06. The number of rotatable bonds is 4. The zero-order valence-corrected chi connectivity index (χ0v) is 30.2. The monoisotopic (exact) mass is 696 g/mol. The van der Waals surface area contributed by atoms with E-state index in [0.29, 0.717) is 9.80 Å². The molecule has 1 fully saturated rings. The standard InChI is InChI=1S/C31H48N6O12/c1-27(2,3)46-23(40)36(24(41)47-28(4,5)6)20-17-19(35(15-32-17)21-31(13,44)18(39)16(14-38)45-21)33-22(34-20)37(25(42)48-29(7,8)9)26(43)49-30(10,11)12/h15-16,18,21,38-39,44H,14H2,1-13H3/t16-,18+,21-,31?/m1/s1. The SMILES string of the molecule is CC(C)(C)OC(=O)N(C(=O)OC(C)(C)C)c1nc(N(C(=O)OC(C)(C)C)C(=O)OC(C)(C)C)c2ncn([C@@H]3O[C@H](CO)[C@H](O)C3(C)O)c2n1. The van der Waals surface area contributed by atoms with Gasteiger partial charge in [-0.1, -0.05) is 0 Å². The third kappa shape index (κ3) is 9.31. The number of aliphatic hydroxyl groups excluding tert-OH is 2. The van der Waals surface area contributed by atoms with Crippen LogP contribution in [-0.2, 0) is 23.7 Å². The number of fused-ring (bicyclic) bond motifs is 1. The quantitative estimate of drug-likeness (QED) is 0.381. The average molecular weight is 697 g/mol. The maximum absolute atomic E-state index is 13.7. The highest BCUT2D eigenvalue weighted by atomic mass is 16.6. The van der Waals surface area contributed by atoms with Gasteiger partial charge >= 0.3 is 24.4 Å². The molecule has 3 N–H and O–H groups in total. The van der Waals surface area contributed by atoms with Gasteiger partial charge in [0.15, 0.2) is 23.2 Å². The van der Waals surface area contributed by atoms with Gasteiger partial charge in [-0.25, -0.2) is 24.2 Å². The first-order valence-electron chi connectivity index (χ1n) is 15.5. The van der Waals surface area contributed by atoms with Crippen molar-refractivity contribution in [1.29, 1.82) is 0 Å². The van der Waals surface area contributed by atoms with Gasteiger partial charge in [0.25, 0.3) is 0 Å². The average Bonchev–Trinajstić information content (AvgIpc) is 3.37. The molecule has 4 amide bonds. The predicted molar refractivity (Wildman–Crippen MR) is 173 cm³/mol. The lowest BCUT2D eigenvalue weighted by molar-refractivity contribution is -0.0950. The summed E-state index contributed by atoms with van der Waals surface area (Å²) in [6.45, 7) is 19.3. The van der Waals surface area contributed by atoms with Crippen molar-refractivity contribution in [3.05, 3.63) is 6.33 Å². The molecule has 3 rings (SSSR count). The molecular weight excluding hydrogens is 648 g/mol. The number of aliphatic hydroxyl groups is 3. The van der Waals surface area contributed by atoms with Gasteiger partial charge in [-0.3, -0.25) is 4.57 Å². The number of anilines is 2. The first kappa shape index (κ1) is 39.3. The van der Waals surface area contributed by atoms with Crippen molar-refractivity contribution in [3.8, 4) is 0 Å². The van der Waals surface area contributed by atoms with Gasteiger partial charge in [-0.2, -0.15) is 14.9 Å². The Hall–Kier alpha value is -4.13. The number of amides is 4. The molecule has 4 atom stereocenters. The maximum Gasteiger partial charge on any atom is 0.427 e. The van der Waals surface area contributed by atoms with Crippen molar-refractivity contribution in [3.63, 3.8) is 0 Å². The molecule has 18 heteroatoms. The van der Waals surface area contributed by atoms with Crippen molar-refractivity contribution < 1.29 is 58.2 Å². The fourth-order valence-corrected chi connectivity index (χ4v) is 4.42. The van der Waals surface area contributed by atoms with Crippen LogP contribution in [0.15, 0.2) is 6.33 Å². The summed E-state index contributed by atoms with van der Waals surface area (Å²) in [5, 5.41) is 31.8. The van der Waals surface area contributed by atoms with Crippen molar-refractivity contribution in [2.24, 2.45) is 0 Å². The fraction of sp³-hybridized carbons (Fsp3) is 0.710. The Morgan fingerprint density at radius 2 is 1.20 bits per heavy atom. The second-order valence-corrected chi connectivity index (χ2v) is 15.6. The molecule has 0 saturated carbocycles. The van der Waals surface area contributed by atoms with Crippen LogP contribution in [0.3, 0.4) is 0 Å². The number of carbonyl (C=O) groups excluding carboxylic acids is 4. The van der Waals surface area contributed by atoms with Gasteiger partial charge in [0.2, 0.25) is 5.95 Å². The van der Waals surface area contributed by atoms with Crippen molar-refractivity contribution >= 4 is 47.3 Å². The number of imidazole rings is 1. The lowest BCUT2D eigenvalue weighted by atomic mass is 9.96. The molecule has 1 unspecified atom stereocenters. The molecule has 2 aromatic heterocycles. The van der Waals surface area contributed by atoms with E-state index in [-0.39, 0.29) is 11.2 Å². The molecule has 274 valence electrons. The molecule has 1 aliphatic rings. The second-order valence-electron chi connectivity index (χ2n) is 15.6. The van der Waals surface area contributed by atoms with E-state index in [0.717, 1.165) is 10.9 Å². The summed E-state index contributed by atoms with van der Waals surface area (Å²) >= 11 is 0. The molecule has 1 aliphatic heterocycles. The summed E-state index contributed by atoms with van der Waals surface area (Å²) in [6, 6.07) is 0. The van der Waals surface area contributed by atoms with E-state index >= 15 is 0 Å². The van der Waals surface area contributed by atoms with Crippen LogP contribution in [0.5, 0.6) is 0 Å². The highest BCUT2D eigenvalue weighted by molar-refractivity contribution is 6.14. The van der Waals surface area contributed by atoms with Crippen LogP contribution in [-0.4, -0.2) is 106 Å². The summed E-state index contributed by atoms with van der Waals surface area (Å²) in [6.07, 6.45) is -8.27. The lowest BCUT2D eigenvalue weighted by Gasteiger charge is -2.30. The van der Waals surface area contributed by atoms with Gasteiger partial charge < -0.3 is 39.0 Å². The second kappa shape index (κ2) is 13.3. The smallest absolute Gasteiger partial charge is 0.427 e. The molecule has 3 heterocycles. The fourth-order valence-electron chi connectivity index (χ4n) is 4.42. The van der Waals surface area contributed by atoms with Crippen LogP contribution in [0, 0.1) is 0 Å². The maximum atomic E-state index is 13.7. The van der Waals surface area contributed by atoms with Gasteiger partial charge in [0.05, 0.1) is 12.9 Å². The van der Waals surface area contributed by atoms with Crippen LogP contribution >= 0.6 is 0 Å². The van der Waals surface area contributed by atoms with Crippen LogP contribution in [0.25, 0.3) is 11.2 Å². The number of hydrogen-bond acceptors (Lipinski definition) is 15. The number of nitrogens with zero attached hydrogens (tertiary/aromatic N) is 6. The molecule has 0 radical (unpaired) electrons. The molecule has 0 spiro atoms. The number of carbonyl (C=O) groups is 4. The Labute approximate surface area is 284 Å². The van der Waals surface area contributed by atoms with E-state index in [4.69, 9.17) is 23.7 Å². The topological polar surface area (TPSA) is 225 Å². The van der Waals surface area contributed by atoms with Crippen molar-refractivity contribution in [2.45, 2.75) is 136 Å². The van der Waals surface area contributed by atoms with Crippen LogP contribution in [0.2, 0.25) is 0 Å². The Balaban J connectivity index is 2.46. The Kier molecular flexibility index (Phi) is 10.7. The Morgan fingerprint density at radius 3 is 1.57 bits per heavy atom.